The molecule has 0 saturated carbocycles. The third-order valence-corrected chi connectivity index (χ3v) is 2.17. The van der Waals surface area contributed by atoms with Crippen molar-refractivity contribution in [3.8, 4) is 6.07 Å². The molecule has 17 heavy (non-hydrogen) atoms. The second-order valence-electron chi connectivity index (χ2n) is 3.41. The topological polar surface area (TPSA) is 91.5 Å². The fourth-order valence-electron chi connectivity index (χ4n) is 1.40. The Labute approximate surface area is 95.8 Å². The van der Waals surface area contributed by atoms with Crippen LogP contribution in [0, 0.1) is 11.3 Å². The molecule has 0 fully saturated rings. The monoisotopic (exact) mass is 228 g/mol. The van der Waals surface area contributed by atoms with Gasteiger partial charge in [-0.05, 0) is 17.7 Å². The van der Waals surface area contributed by atoms with E-state index >= 15 is 0 Å². The summed E-state index contributed by atoms with van der Waals surface area (Å²) in [4.78, 5) is 24.3. The van der Waals surface area contributed by atoms with Crippen LogP contribution in [-0.4, -0.2) is 14.8 Å². The molecule has 0 aliphatic carbocycles. The molecule has 0 aliphatic rings. The molecule has 0 radical (unpaired) electrons. The van der Waals surface area contributed by atoms with Crippen molar-refractivity contribution >= 4 is 0 Å². The molecule has 6 nitrogen and oxygen atoms in total. The highest BCUT2D eigenvalue weighted by Crippen LogP contribution is 2.04. The maximum atomic E-state index is 11.4. The first-order valence-corrected chi connectivity index (χ1v) is 4.84. The summed E-state index contributed by atoms with van der Waals surface area (Å²) in [6, 6.07) is 8.85. The third kappa shape index (κ3) is 2.46. The fraction of sp³-hybridized carbons (Fsp3) is 0.0909. The molecule has 1 heterocycles. The number of hydrogen-bond donors (Lipinski definition) is 1. The van der Waals surface area contributed by atoms with E-state index in [1.54, 1.807) is 24.3 Å². The number of rotatable bonds is 2. The van der Waals surface area contributed by atoms with E-state index in [0.29, 0.717) is 5.56 Å². The minimum Gasteiger partial charge on any atom is -0.271 e. The predicted octanol–water partition coefficient (Wildman–Crippen LogP) is -0.148. The first-order chi connectivity index (χ1) is 8.19. The molecule has 1 N–H and O–H groups in total. The van der Waals surface area contributed by atoms with Gasteiger partial charge in [0.1, 0.15) is 6.20 Å². The highest BCUT2D eigenvalue weighted by Gasteiger charge is 2.00. The number of nitriles is 1. The lowest BCUT2D eigenvalue weighted by atomic mass is 10.1. The van der Waals surface area contributed by atoms with Crippen LogP contribution in [0.25, 0.3) is 0 Å². The Morgan fingerprint density at radius 1 is 1.41 bits per heavy atom. The van der Waals surface area contributed by atoms with Gasteiger partial charge in [-0.1, -0.05) is 12.1 Å². The lowest BCUT2D eigenvalue weighted by Crippen LogP contribution is -2.31. The molecule has 84 valence electrons. The van der Waals surface area contributed by atoms with Crippen molar-refractivity contribution in [2.75, 3.05) is 0 Å². The zero-order valence-corrected chi connectivity index (χ0v) is 8.75. The average molecular weight is 228 g/mol. The highest BCUT2D eigenvalue weighted by molar-refractivity contribution is 5.32. The first-order valence-electron chi connectivity index (χ1n) is 4.84. The van der Waals surface area contributed by atoms with E-state index in [9.17, 15) is 9.59 Å². The van der Waals surface area contributed by atoms with Crippen LogP contribution in [0.5, 0.6) is 0 Å². The van der Waals surface area contributed by atoms with E-state index in [2.05, 4.69) is 10.1 Å². The normalized spacial score (nSPS) is 9.82. The van der Waals surface area contributed by atoms with E-state index in [1.807, 2.05) is 6.07 Å². The lowest BCUT2D eigenvalue weighted by molar-refractivity contribution is 0.607. The number of H-pyrrole nitrogens is 1. The van der Waals surface area contributed by atoms with E-state index < -0.39 is 11.2 Å². The Morgan fingerprint density at radius 2 is 2.24 bits per heavy atom. The summed E-state index contributed by atoms with van der Waals surface area (Å²) in [6.07, 6.45) is 1.04. The average Bonchev–Trinajstić information content (AvgIpc) is 2.33. The van der Waals surface area contributed by atoms with Crippen LogP contribution in [0.4, 0.5) is 0 Å². The summed E-state index contributed by atoms with van der Waals surface area (Å²) >= 11 is 0. The van der Waals surface area contributed by atoms with Gasteiger partial charge in [0.25, 0.3) is 5.56 Å². The molecule has 0 spiro atoms. The molecule has 0 bridgehead atoms. The van der Waals surface area contributed by atoms with Crippen LogP contribution >= 0.6 is 0 Å². The van der Waals surface area contributed by atoms with Gasteiger partial charge in [0, 0.05) is 0 Å². The molecule has 0 atom stereocenters. The van der Waals surface area contributed by atoms with Gasteiger partial charge in [-0.2, -0.15) is 10.4 Å². The van der Waals surface area contributed by atoms with Crippen molar-refractivity contribution in [3.63, 3.8) is 0 Å². The van der Waals surface area contributed by atoms with Gasteiger partial charge in [0.2, 0.25) is 0 Å². The smallest absolute Gasteiger partial charge is 0.271 e. The highest BCUT2D eigenvalue weighted by atomic mass is 16.2. The Hall–Kier alpha value is -2.68. The summed E-state index contributed by atoms with van der Waals surface area (Å²) < 4.78 is 1.12. The van der Waals surface area contributed by atoms with Crippen LogP contribution in [-0.2, 0) is 6.54 Å². The van der Waals surface area contributed by atoms with E-state index in [-0.39, 0.29) is 6.54 Å². The number of benzene rings is 1. The zero-order valence-electron chi connectivity index (χ0n) is 8.75. The molecule has 2 aromatic rings. The lowest BCUT2D eigenvalue weighted by Gasteiger charge is -2.03. The summed E-state index contributed by atoms with van der Waals surface area (Å²) in [5.41, 5.74) is 0.183. The molecular formula is C11H8N4O2. The molecule has 1 aromatic carbocycles. The Balaban J connectivity index is 2.35. The van der Waals surface area contributed by atoms with Crippen molar-refractivity contribution in [1.82, 2.24) is 14.8 Å². The summed E-state index contributed by atoms with van der Waals surface area (Å²) in [5.74, 6) is 0. The van der Waals surface area contributed by atoms with Crippen molar-refractivity contribution in [3.05, 3.63) is 62.4 Å². The van der Waals surface area contributed by atoms with Crippen LogP contribution < -0.4 is 11.2 Å². The molecule has 0 amide bonds. The van der Waals surface area contributed by atoms with Crippen LogP contribution in [0.3, 0.4) is 0 Å². The van der Waals surface area contributed by atoms with Crippen LogP contribution in [0.1, 0.15) is 11.1 Å². The minimum absolute atomic E-state index is 0.213. The second-order valence-corrected chi connectivity index (χ2v) is 3.41. The molecule has 0 aliphatic heterocycles. The molecule has 2 rings (SSSR count). The Morgan fingerprint density at radius 3 is 2.94 bits per heavy atom. The second kappa shape index (κ2) is 4.45. The number of aromatic amines is 1. The van der Waals surface area contributed by atoms with Crippen molar-refractivity contribution < 1.29 is 0 Å². The zero-order chi connectivity index (χ0) is 12.3. The number of aromatic nitrogens is 3. The maximum absolute atomic E-state index is 11.4. The van der Waals surface area contributed by atoms with Gasteiger partial charge in [-0.3, -0.25) is 9.78 Å². The third-order valence-electron chi connectivity index (χ3n) is 2.17. The first kappa shape index (κ1) is 10.8. The SMILES string of the molecule is N#Cc1cccc(Cn2ncc(=O)[nH]c2=O)c1. The summed E-state index contributed by atoms with van der Waals surface area (Å²) in [5, 5.41) is 12.4. The predicted molar refractivity (Wildman–Crippen MR) is 59.4 cm³/mol. The number of nitrogens with zero attached hydrogens (tertiary/aromatic N) is 3. The van der Waals surface area contributed by atoms with E-state index in [4.69, 9.17) is 5.26 Å². The van der Waals surface area contributed by atoms with E-state index in [0.717, 1.165) is 16.4 Å². The van der Waals surface area contributed by atoms with Gasteiger partial charge in [-0.15, -0.1) is 0 Å². The Bertz CT molecular complexity index is 693. The summed E-state index contributed by atoms with van der Waals surface area (Å²) in [6.45, 7) is 0.213. The quantitative estimate of drug-likeness (QED) is 0.773. The van der Waals surface area contributed by atoms with Gasteiger partial charge in [0.05, 0.1) is 18.2 Å². The molecule has 0 saturated heterocycles. The van der Waals surface area contributed by atoms with Gasteiger partial charge >= 0.3 is 5.69 Å². The maximum Gasteiger partial charge on any atom is 0.345 e. The largest absolute Gasteiger partial charge is 0.345 e. The van der Waals surface area contributed by atoms with Crippen molar-refractivity contribution in [2.24, 2.45) is 0 Å². The molecule has 1 aromatic heterocycles. The summed E-state index contributed by atoms with van der Waals surface area (Å²) in [7, 11) is 0. The molecule has 0 unspecified atom stereocenters. The minimum atomic E-state index is -0.570. The van der Waals surface area contributed by atoms with Crippen LogP contribution in [0.2, 0.25) is 0 Å². The van der Waals surface area contributed by atoms with E-state index in [1.165, 1.54) is 0 Å². The van der Waals surface area contributed by atoms with Crippen molar-refractivity contribution in [2.45, 2.75) is 6.54 Å². The fourth-order valence-corrected chi connectivity index (χ4v) is 1.40. The number of nitrogens with one attached hydrogen (secondary N) is 1. The standard InChI is InChI=1S/C11H8N4O2/c12-5-8-2-1-3-9(4-8)7-15-11(17)14-10(16)6-13-15/h1-4,6H,7H2,(H,14,16,17). The van der Waals surface area contributed by atoms with Gasteiger partial charge in [0.15, 0.2) is 0 Å². The molecular weight excluding hydrogens is 220 g/mol. The molecule has 6 heteroatoms. The van der Waals surface area contributed by atoms with Gasteiger partial charge in [-0.25, -0.2) is 9.48 Å². The van der Waals surface area contributed by atoms with Crippen LogP contribution in [0.15, 0.2) is 40.1 Å². The number of hydrogen-bond acceptors (Lipinski definition) is 4. The van der Waals surface area contributed by atoms with Gasteiger partial charge < -0.3 is 0 Å². The Kier molecular flexibility index (Phi) is 2.83. The van der Waals surface area contributed by atoms with Crippen molar-refractivity contribution in [1.29, 1.82) is 5.26 Å².